The number of benzene rings is 2. The van der Waals surface area contributed by atoms with Gasteiger partial charge < -0.3 is 9.47 Å². The van der Waals surface area contributed by atoms with E-state index in [9.17, 15) is 4.79 Å². The fourth-order valence-corrected chi connectivity index (χ4v) is 3.33. The normalized spacial score (nSPS) is 10.5. The number of fused-ring (bicyclic) bond motifs is 1. The van der Waals surface area contributed by atoms with Crippen LogP contribution in [0.5, 0.6) is 11.5 Å². The molecule has 0 aliphatic rings. The van der Waals surface area contributed by atoms with Gasteiger partial charge in [0.05, 0.1) is 23.4 Å². The average Bonchev–Trinajstić information content (AvgIpc) is 3.06. The summed E-state index contributed by atoms with van der Waals surface area (Å²) in [5.74, 6) is 1.07. The Labute approximate surface area is 153 Å². The van der Waals surface area contributed by atoms with E-state index in [2.05, 4.69) is 15.8 Å². The Balaban J connectivity index is 1.71. The quantitative estimate of drug-likeness (QED) is 0.632. The molecule has 1 heterocycles. The molecule has 3 aromatic rings. The van der Waals surface area contributed by atoms with Crippen molar-refractivity contribution >= 4 is 44.2 Å². The second-order valence-electron chi connectivity index (χ2n) is 4.98. The summed E-state index contributed by atoms with van der Waals surface area (Å²) in [6.07, 6.45) is 0. The Morgan fingerprint density at radius 3 is 2.68 bits per heavy atom. The van der Waals surface area contributed by atoms with E-state index in [1.54, 1.807) is 43.5 Å². The number of hydrogen-bond donors (Lipinski definition) is 2. The first-order chi connectivity index (χ1) is 12.1. The second kappa shape index (κ2) is 7.58. The number of carbonyl (C=O) groups is 1. The average molecular weight is 378 g/mol. The molecule has 0 bridgehead atoms. The Morgan fingerprint density at radius 2 is 2.00 bits per heavy atom. The van der Waals surface area contributed by atoms with Crippen molar-refractivity contribution in [3.8, 4) is 11.5 Å². The molecule has 0 aliphatic carbocycles. The third-order valence-corrected chi connectivity index (χ3v) is 4.82. The highest BCUT2D eigenvalue weighted by atomic mass is 35.5. The van der Waals surface area contributed by atoms with E-state index in [0.717, 1.165) is 10.4 Å². The van der Waals surface area contributed by atoms with Gasteiger partial charge in [-0.1, -0.05) is 22.9 Å². The molecule has 0 radical (unpaired) electrons. The summed E-state index contributed by atoms with van der Waals surface area (Å²) < 4.78 is 11.4. The van der Waals surface area contributed by atoms with E-state index in [0.29, 0.717) is 33.6 Å². The molecule has 0 atom stereocenters. The van der Waals surface area contributed by atoms with Crippen molar-refractivity contribution in [2.24, 2.45) is 0 Å². The minimum atomic E-state index is -0.277. The van der Waals surface area contributed by atoms with Gasteiger partial charge in [-0.2, -0.15) is 0 Å². The van der Waals surface area contributed by atoms with Gasteiger partial charge in [-0.05, 0) is 43.3 Å². The topological polar surface area (TPSA) is 72.5 Å². The summed E-state index contributed by atoms with van der Waals surface area (Å²) in [4.78, 5) is 16.6. The maximum Gasteiger partial charge on any atom is 0.269 e. The number of nitrogens with zero attached hydrogens (tertiary/aromatic N) is 1. The molecule has 0 spiro atoms. The van der Waals surface area contributed by atoms with E-state index in [1.807, 2.05) is 6.92 Å². The van der Waals surface area contributed by atoms with E-state index in [1.165, 1.54) is 11.3 Å². The molecule has 0 saturated carbocycles. The lowest BCUT2D eigenvalue weighted by Crippen LogP contribution is -2.29. The standard InChI is InChI=1S/C17H16ClN3O3S/c1-3-24-11-6-4-10(5-7-11)16(22)20-21-17-19-14-13(23-2)9-8-12(18)15(14)25-17/h4-9H,3H2,1-2H3,(H,19,21)(H,20,22). The molecule has 6 nitrogen and oxygen atoms in total. The SMILES string of the molecule is CCOc1ccc(C(=O)NNc2nc3c(OC)ccc(Cl)c3s2)cc1. The monoisotopic (exact) mass is 377 g/mol. The zero-order valence-electron chi connectivity index (χ0n) is 13.6. The predicted octanol–water partition coefficient (Wildman–Crippen LogP) is 4.11. The van der Waals surface area contributed by atoms with Gasteiger partial charge in [0.15, 0.2) is 0 Å². The molecule has 2 N–H and O–H groups in total. The van der Waals surface area contributed by atoms with Gasteiger partial charge >= 0.3 is 0 Å². The molecule has 25 heavy (non-hydrogen) atoms. The van der Waals surface area contributed by atoms with Crippen LogP contribution in [0, 0.1) is 0 Å². The molecule has 8 heteroatoms. The van der Waals surface area contributed by atoms with Crippen LogP contribution in [0.4, 0.5) is 5.13 Å². The van der Waals surface area contributed by atoms with Gasteiger partial charge in [-0.15, -0.1) is 0 Å². The summed E-state index contributed by atoms with van der Waals surface area (Å²) in [6.45, 7) is 2.49. The molecule has 0 unspecified atom stereocenters. The number of nitrogens with one attached hydrogen (secondary N) is 2. The zero-order chi connectivity index (χ0) is 17.8. The fourth-order valence-electron chi connectivity index (χ4n) is 2.22. The van der Waals surface area contributed by atoms with Crippen LogP contribution in [0.2, 0.25) is 5.02 Å². The predicted molar refractivity (Wildman–Crippen MR) is 99.9 cm³/mol. The summed E-state index contributed by atoms with van der Waals surface area (Å²) >= 11 is 7.52. The van der Waals surface area contributed by atoms with E-state index in [4.69, 9.17) is 21.1 Å². The van der Waals surface area contributed by atoms with Crippen molar-refractivity contribution in [3.63, 3.8) is 0 Å². The molecule has 130 valence electrons. The van der Waals surface area contributed by atoms with Gasteiger partial charge in [0.25, 0.3) is 5.91 Å². The summed E-state index contributed by atoms with van der Waals surface area (Å²) in [6, 6.07) is 10.4. The van der Waals surface area contributed by atoms with Crippen molar-refractivity contribution < 1.29 is 14.3 Å². The first kappa shape index (κ1) is 17.3. The van der Waals surface area contributed by atoms with Gasteiger partial charge in [0.1, 0.15) is 17.0 Å². The lowest BCUT2D eigenvalue weighted by Gasteiger charge is -2.07. The molecule has 1 aromatic heterocycles. The number of aromatic nitrogens is 1. The maximum atomic E-state index is 12.2. The Hall–Kier alpha value is -2.51. The van der Waals surface area contributed by atoms with Crippen LogP contribution < -0.4 is 20.3 Å². The van der Waals surface area contributed by atoms with Gasteiger partial charge in [0.2, 0.25) is 5.13 Å². The lowest BCUT2D eigenvalue weighted by atomic mass is 10.2. The number of thiazole rings is 1. The van der Waals surface area contributed by atoms with Crippen LogP contribution in [0.3, 0.4) is 0 Å². The zero-order valence-corrected chi connectivity index (χ0v) is 15.2. The molecule has 0 saturated heterocycles. The minimum absolute atomic E-state index is 0.277. The van der Waals surface area contributed by atoms with Crippen LogP contribution >= 0.6 is 22.9 Å². The van der Waals surface area contributed by atoms with Crippen LogP contribution in [-0.2, 0) is 0 Å². The number of amides is 1. The molecule has 2 aromatic carbocycles. The molecule has 0 aliphatic heterocycles. The number of halogens is 1. The smallest absolute Gasteiger partial charge is 0.269 e. The number of carbonyl (C=O) groups excluding carboxylic acids is 1. The van der Waals surface area contributed by atoms with Crippen molar-refractivity contribution in [2.45, 2.75) is 6.92 Å². The Morgan fingerprint density at radius 1 is 1.24 bits per heavy atom. The Kier molecular flexibility index (Phi) is 5.25. The highest BCUT2D eigenvalue weighted by molar-refractivity contribution is 7.22. The fraction of sp³-hybridized carbons (Fsp3) is 0.176. The number of rotatable bonds is 6. The molecule has 0 fully saturated rings. The van der Waals surface area contributed by atoms with Gasteiger partial charge in [-0.3, -0.25) is 15.6 Å². The van der Waals surface area contributed by atoms with Crippen LogP contribution in [0.15, 0.2) is 36.4 Å². The number of hydrazine groups is 1. The molecular formula is C17H16ClN3O3S. The number of anilines is 1. The molecule has 1 amide bonds. The highest BCUT2D eigenvalue weighted by Crippen LogP contribution is 2.37. The lowest BCUT2D eigenvalue weighted by molar-refractivity contribution is 0.0962. The van der Waals surface area contributed by atoms with Crippen LogP contribution in [0.1, 0.15) is 17.3 Å². The third kappa shape index (κ3) is 3.78. The van der Waals surface area contributed by atoms with E-state index < -0.39 is 0 Å². The largest absolute Gasteiger partial charge is 0.494 e. The van der Waals surface area contributed by atoms with Gasteiger partial charge in [0, 0.05) is 5.56 Å². The van der Waals surface area contributed by atoms with Gasteiger partial charge in [-0.25, -0.2) is 4.98 Å². The van der Waals surface area contributed by atoms with Crippen LogP contribution in [-0.4, -0.2) is 24.6 Å². The van der Waals surface area contributed by atoms with Crippen molar-refractivity contribution in [2.75, 3.05) is 19.1 Å². The summed E-state index contributed by atoms with van der Waals surface area (Å²) in [5, 5.41) is 1.10. The van der Waals surface area contributed by atoms with Crippen molar-refractivity contribution in [1.82, 2.24) is 10.4 Å². The first-order valence-corrected chi connectivity index (χ1v) is 8.74. The van der Waals surface area contributed by atoms with E-state index in [-0.39, 0.29) is 5.91 Å². The number of hydrogen-bond acceptors (Lipinski definition) is 6. The van der Waals surface area contributed by atoms with Crippen LogP contribution in [0.25, 0.3) is 10.2 Å². The summed E-state index contributed by atoms with van der Waals surface area (Å²) in [5.41, 5.74) is 6.59. The van der Waals surface area contributed by atoms with E-state index >= 15 is 0 Å². The minimum Gasteiger partial charge on any atom is -0.494 e. The van der Waals surface area contributed by atoms with Crippen molar-refractivity contribution in [1.29, 1.82) is 0 Å². The first-order valence-electron chi connectivity index (χ1n) is 7.54. The number of methoxy groups -OCH3 is 1. The summed E-state index contributed by atoms with van der Waals surface area (Å²) in [7, 11) is 1.57. The molecular weight excluding hydrogens is 362 g/mol. The maximum absolute atomic E-state index is 12.2. The second-order valence-corrected chi connectivity index (χ2v) is 6.39. The third-order valence-electron chi connectivity index (χ3n) is 3.39. The van der Waals surface area contributed by atoms with Crippen molar-refractivity contribution in [3.05, 3.63) is 47.0 Å². The number of ether oxygens (including phenoxy) is 2. The molecule has 3 rings (SSSR count). The highest BCUT2D eigenvalue weighted by Gasteiger charge is 2.13. The Bertz CT molecular complexity index is 896.